The highest BCUT2D eigenvalue weighted by Gasteiger charge is 2.19. The highest BCUT2D eigenvalue weighted by molar-refractivity contribution is 7.92. The number of hydrogen-bond acceptors (Lipinski definition) is 6. The van der Waals surface area contributed by atoms with Gasteiger partial charge in [-0.1, -0.05) is 32.1 Å². The number of anilines is 2. The Morgan fingerprint density at radius 2 is 1.71 bits per heavy atom. The van der Waals surface area contributed by atoms with E-state index in [2.05, 4.69) is 44.9 Å². The second-order valence-electron chi connectivity index (χ2n) is 7.18. The first kappa shape index (κ1) is 20.3. The van der Waals surface area contributed by atoms with Crippen molar-refractivity contribution in [3.63, 3.8) is 0 Å². The Hall–Kier alpha value is -2.45. The molecule has 1 aromatic heterocycles. The minimum Gasteiger partial charge on any atom is -0.338 e. The third-order valence-corrected chi connectivity index (χ3v) is 6.19. The predicted octanol–water partition coefficient (Wildman–Crippen LogP) is 2.71. The van der Waals surface area contributed by atoms with Crippen molar-refractivity contribution in [2.75, 3.05) is 42.3 Å². The van der Waals surface area contributed by atoms with Crippen molar-refractivity contribution in [2.45, 2.75) is 24.7 Å². The van der Waals surface area contributed by atoms with Crippen molar-refractivity contribution in [3.05, 3.63) is 54.9 Å². The van der Waals surface area contributed by atoms with Crippen LogP contribution in [-0.2, 0) is 10.0 Å². The van der Waals surface area contributed by atoms with E-state index in [0.29, 0.717) is 17.6 Å². The molecule has 0 unspecified atom stereocenters. The molecule has 0 aliphatic carbocycles. The second-order valence-corrected chi connectivity index (χ2v) is 8.86. The van der Waals surface area contributed by atoms with Crippen molar-refractivity contribution < 1.29 is 8.42 Å². The fraction of sp³-hybridized carbons (Fsp3) is 0.400. The maximum atomic E-state index is 12.6. The zero-order valence-corrected chi connectivity index (χ0v) is 17.2. The molecule has 1 fully saturated rings. The van der Waals surface area contributed by atoms with E-state index in [0.717, 1.165) is 38.3 Å². The summed E-state index contributed by atoms with van der Waals surface area (Å²) in [7, 11) is -3.67. The van der Waals surface area contributed by atoms with E-state index >= 15 is 0 Å². The summed E-state index contributed by atoms with van der Waals surface area (Å²) in [5.74, 6) is 0.965. The van der Waals surface area contributed by atoms with Crippen molar-refractivity contribution in [1.82, 2.24) is 14.9 Å². The van der Waals surface area contributed by atoms with Crippen LogP contribution in [0.1, 0.15) is 25.3 Å². The number of rotatable bonds is 7. The highest BCUT2D eigenvalue weighted by atomic mass is 32.2. The van der Waals surface area contributed by atoms with E-state index in [1.165, 1.54) is 12.4 Å². The first-order valence-corrected chi connectivity index (χ1v) is 10.9. The average molecular weight is 402 g/mol. The zero-order valence-electron chi connectivity index (χ0n) is 16.4. The molecule has 0 atom stereocenters. The van der Waals surface area contributed by atoms with Crippen molar-refractivity contribution in [3.8, 4) is 0 Å². The molecule has 1 saturated heterocycles. The largest absolute Gasteiger partial charge is 0.338 e. The molecule has 28 heavy (non-hydrogen) atoms. The van der Waals surface area contributed by atoms with E-state index in [1.54, 1.807) is 12.1 Å². The lowest BCUT2D eigenvalue weighted by molar-refractivity contribution is 0.283. The summed E-state index contributed by atoms with van der Waals surface area (Å²) in [4.78, 5) is 13.3. The van der Waals surface area contributed by atoms with Gasteiger partial charge < -0.3 is 4.90 Å². The molecule has 0 radical (unpaired) electrons. The minimum absolute atomic E-state index is 0.222. The smallest absolute Gasteiger partial charge is 0.261 e. The third-order valence-electron chi connectivity index (χ3n) is 4.79. The lowest BCUT2D eigenvalue weighted by atomic mass is 10.0. The van der Waals surface area contributed by atoms with Crippen LogP contribution in [0.25, 0.3) is 0 Å². The summed E-state index contributed by atoms with van der Waals surface area (Å²) in [6.45, 7) is 12.3. The first-order chi connectivity index (χ1) is 13.4. The maximum absolute atomic E-state index is 12.6. The fourth-order valence-electron chi connectivity index (χ4n) is 3.10. The summed E-state index contributed by atoms with van der Waals surface area (Å²) < 4.78 is 27.7. The summed E-state index contributed by atoms with van der Waals surface area (Å²) in [6, 6.07) is 6.92. The molecular formula is C20H27N5O2S. The number of hydrogen-bond donors (Lipinski definition) is 1. The van der Waals surface area contributed by atoms with Gasteiger partial charge in [-0.05, 0) is 23.6 Å². The van der Waals surface area contributed by atoms with E-state index in [4.69, 9.17) is 0 Å². The van der Waals surface area contributed by atoms with Gasteiger partial charge in [-0.25, -0.2) is 18.4 Å². The normalized spacial score (nSPS) is 15.6. The van der Waals surface area contributed by atoms with E-state index in [-0.39, 0.29) is 4.90 Å². The molecule has 3 rings (SSSR count). The van der Waals surface area contributed by atoms with Gasteiger partial charge in [-0.3, -0.25) is 9.62 Å². The monoisotopic (exact) mass is 401 g/mol. The molecular weight excluding hydrogens is 374 g/mol. The molecule has 7 nitrogen and oxygen atoms in total. The SMILES string of the molecule is C=CCN1CCN(c2ncc(NS(=O)(=O)c3ccc(C(C)C)cc3)cn2)CC1. The average Bonchev–Trinajstić information content (AvgIpc) is 2.69. The van der Waals surface area contributed by atoms with E-state index < -0.39 is 10.0 Å². The number of aromatic nitrogens is 2. The summed E-state index contributed by atoms with van der Waals surface area (Å²) in [5, 5.41) is 0. The number of nitrogens with one attached hydrogen (secondary N) is 1. The van der Waals surface area contributed by atoms with Gasteiger partial charge in [0.15, 0.2) is 0 Å². The number of nitrogens with zero attached hydrogens (tertiary/aromatic N) is 4. The van der Waals surface area contributed by atoms with Crippen LogP contribution < -0.4 is 9.62 Å². The molecule has 1 N–H and O–H groups in total. The van der Waals surface area contributed by atoms with Gasteiger partial charge in [0.2, 0.25) is 5.95 Å². The van der Waals surface area contributed by atoms with Crippen LogP contribution in [0, 0.1) is 0 Å². The topological polar surface area (TPSA) is 78.4 Å². The lowest BCUT2D eigenvalue weighted by Gasteiger charge is -2.34. The van der Waals surface area contributed by atoms with Gasteiger partial charge >= 0.3 is 0 Å². The van der Waals surface area contributed by atoms with Crippen molar-refractivity contribution in [2.24, 2.45) is 0 Å². The minimum atomic E-state index is -3.67. The Balaban J connectivity index is 1.64. The molecule has 2 aromatic rings. The predicted molar refractivity (Wildman–Crippen MR) is 112 cm³/mol. The van der Waals surface area contributed by atoms with Crippen LogP contribution in [0.2, 0.25) is 0 Å². The maximum Gasteiger partial charge on any atom is 0.261 e. The van der Waals surface area contributed by atoms with Crippen LogP contribution in [0.3, 0.4) is 0 Å². The van der Waals surface area contributed by atoms with Crippen LogP contribution >= 0.6 is 0 Å². The fourth-order valence-corrected chi connectivity index (χ4v) is 4.12. The van der Waals surface area contributed by atoms with Crippen LogP contribution in [0.15, 0.2) is 54.2 Å². The molecule has 0 amide bonds. The summed E-state index contributed by atoms with van der Waals surface area (Å²) in [5.41, 5.74) is 1.45. The molecule has 0 saturated carbocycles. The molecule has 1 aliphatic rings. The Bertz CT molecular complexity index is 887. The van der Waals surface area contributed by atoms with Gasteiger partial charge in [0.05, 0.1) is 23.0 Å². The zero-order chi connectivity index (χ0) is 20.1. The first-order valence-electron chi connectivity index (χ1n) is 9.42. The van der Waals surface area contributed by atoms with Gasteiger partial charge in [0, 0.05) is 32.7 Å². The van der Waals surface area contributed by atoms with E-state index in [9.17, 15) is 8.42 Å². The molecule has 150 valence electrons. The quantitative estimate of drug-likeness (QED) is 0.719. The van der Waals surface area contributed by atoms with Gasteiger partial charge in [-0.15, -0.1) is 6.58 Å². The van der Waals surface area contributed by atoms with Gasteiger partial charge in [-0.2, -0.15) is 0 Å². The van der Waals surface area contributed by atoms with Crippen molar-refractivity contribution in [1.29, 1.82) is 0 Å². The molecule has 2 heterocycles. The van der Waals surface area contributed by atoms with E-state index in [1.807, 2.05) is 18.2 Å². The molecule has 1 aromatic carbocycles. The van der Waals surface area contributed by atoms with Gasteiger partial charge in [0.1, 0.15) is 0 Å². The van der Waals surface area contributed by atoms with Crippen LogP contribution in [0.4, 0.5) is 11.6 Å². The number of sulfonamides is 1. The Morgan fingerprint density at radius 1 is 1.11 bits per heavy atom. The number of benzene rings is 1. The van der Waals surface area contributed by atoms with Crippen molar-refractivity contribution >= 4 is 21.7 Å². The molecule has 0 spiro atoms. The Kier molecular flexibility index (Phi) is 6.31. The Labute approximate surface area is 167 Å². The van der Waals surface area contributed by atoms with Crippen LogP contribution in [-0.4, -0.2) is 56.0 Å². The Morgan fingerprint density at radius 3 is 2.25 bits per heavy atom. The molecule has 0 bridgehead atoms. The second kappa shape index (κ2) is 8.70. The molecule has 8 heteroatoms. The number of piperazine rings is 1. The highest BCUT2D eigenvalue weighted by Crippen LogP contribution is 2.20. The summed E-state index contributed by atoms with van der Waals surface area (Å²) >= 11 is 0. The van der Waals surface area contributed by atoms with Gasteiger partial charge in [0.25, 0.3) is 10.0 Å². The lowest BCUT2D eigenvalue weighted by Crippen LogP contribution is -2.46. The third kappa shape index (κ3) is 4.88. The van der Waals surface area contributed by atoms with Crippen LogP contribution in [0.5, 0.6) is 0 Å². The summed E-state index contributed by atoms with van der Waals surface area (Å²) in [6.07, 6.45) is 4.93. The molecule has 1 aliphatic heterocycles. The standard InChI is InChI=1S/C20H27N5O2S/c1-4-9-24-10-12-25(13-11-24)20-21-14-18(15-22-20)23-28(26,27)19-7-5-17(6-8-19)16(2)3/h4-8,14-16,23H,1,9-13H2,2-3H3.